The number of para-hydroxylation sites is 2. The molecule has 0 saturated heterocycles. The zero-order valence-corrected chi connectivity index (χ0v) is 9.62. The Balaban J connectivity index is 2.24. The van der Waals surface area contributed by atoms with E-state index in [0.29, 0.717) is 11.6 Å². The minimum Gasteiger partial charge on any atom is -0.480 e. The van der Waals surface area contributed by atoms with Crippen LogP contribution in [0.5, 0.6) is 0 Å². The van der Waals surface area contributed by atoms with Gasteiger partial charge in [0, 0.05) is 0 Å². The molecule has 0 saturated carbocycles. The van der Waals surface area contributed by atoms with Gasteiger partial charge in [-0.2, -0.15) is 0 Å². The number of fused-ring (bicyclic) bond motifs is 1. The lowest BCUT2D eigenvalue weighted by molar-refractivity contribution is -0.136. The summed E-state index contributed by atoms with van der Waals surface area (Å²) in [5, 5.41) is 9.17. The second-order valence-electron chi connectivity index (χ2n) is 3.41. The molecule has 0 amide bonds. The summed E-state index contributed by atoms with van der Waals surface area (Å²) in [4.78, 5) is 18.3. The van der Waals surface area contributed by atoms with Gasteiger partial charge < -0.3 is 10.1 Å². The van der Waals surface area contributed by atoms with Gasteiger partial charge in [0.15, 0.2) is 5.16 Å². The molecule has 0 fully saturated rings. The van der Waals surface area contributed by atoms with Crippen LogP contribution in [0.15, 0.2) is 29.4 Å². The maximum absolute atomic E-state index is 10.9. The summed E-state index contributed by atoms with van der Waals surface area (Å²) in [6.45, 7) is 1.86. The summed E-state index contributed by atoms with van der Waals surface area (Å²) in [5.41, 5.74) is 1.80. The standard InChI is InChI=1S/C11H12N2O2S/c1-2-9(10(14)15)16-11-12-7-5-3-4-6-8(7)13-11/h3-6,9H,2H2,1H3,(H,12,13)(H,14,15). The zero-order chi connectivity index (χ0) is 11.5. The van der Waals surface area contributed by atoms with Crippen LogP contribution in [0.1, 0.15) is 13.3 Å². The average molecular weight is 236 g/mol. The number of hydrogen-bond acceptors (Lipinski definition) is 3. The van der Waals surface area contributed by atoms with Crippen LogP contribution in [0.4, 0.5) is 0 Å². The SMILES string of the molecule is CCC(Sc1nc2ccccc2[nH]1)C(=O)O. The highest BCUT2D eigenvalue weighted by Crippen LogP contribution is 2.25. The third kappa shape index (κ3) is 2.19. The summed E-state index contributed by atoms with van der Waals surface area (Å²) in [6, 6.07) is 7.65. The first kappa shape index (κ1) is 11.0. The van der Waals surface area contributed by atoms with Crippen molar-refractivity contribution in [3.05, 3.63) is 24.3 Å². The maximum atomic E-state index is 10.9. The van der Waals surface area contributed by atoms with Gasteiger partial charge in [-0.15, -0.1) is 0 Å². The van der Waals surface area contributed by atoms with E-state index >= 15 is 0 Å². The highest BCUT2D eigenvalue weighted by molar-refractivity contribution is 8.00. The molecule has 0 bridgehead atoms. The Hall–Kier alpha value is -1.49. The smallest absolute Gasteiger partial charge is 0.317 e. The average Bonchev–Trinajstić information content (AvgIpc) is 2.67. The molecule has 0 spiro atoms. The van der Waals surface area contributed by atoms with Crippen molar-refractivity contribution in [1.82, 2.24) is 9.97 Å². The van der Waals surface area contributed by atoms with Crippen LogP contribution in [0, 0.1) is 0 Å². The molecule has 1 atom stereocenters. The van der Waals surface area contributed by atoms with Crippen LogP contribution in [-0.2, 0) is 4.79 Å². The predicted octanol–water partition coefficient (Wildman–Crippen LogP) is 2.52. The quantitative estimate of drug-likeness (QED) is 0.800. The molecule has 16 heavy (non-hydrogen) atoms. The highest BCUT2D eigenvalue weighted by Gasteiger charge is 2.18. The maximum Gasteiger partial charge on any atom is 0.317 e. The largest absolute Gasteiger partial charge is 0.480 e. The van der Waals surface area contributed by atoms with Gasteiger partial charge in [0.05, 0.1) is 11.0 Å². The number of nitrogens with one attached hydrogen (secondary N) is 1. The molecule has 1 unspecified atom stereocenters. The number of carboxylic acid groups (broad SMARTS) is 1. The predicted molar refractivity (Wildman–Crippen MR) is 63.7 cm³/mol. The fraction of sp³-hybridized carbons (Fsp3) is 0.273. The highest BCUT2D eigenvalue weighted by atomic mass is 32.2. The zero-order valence-electron chi connectivity index (χ0n) is 8.80. The first-order valence-electron chi connectivity index (χ1n) is 5.05. The molecule has 2 aromatic rings. The van der Waals surface area contributed by atoms with E-state index < -0.39 is 11.2 Å². The number of hydrogen-bond donors (Lipinski definition) is 2. The number of benzene rings is 1. The topological polar surface area (TPSA) is 66.0 Å². The fourth-order valence-corrected chi connectivity index (χ4v) is 2.29. The Morgan fingerprint density at radius 3 is 2.94 bits per heavy atom. The molecule has 1 heterocycles. The van der Waals surface area contributed by atoms with Crippen molar-refractivity contribution in [2.45, 2.75) is 23.8 Å². The molecule has 1 aromatic heterocycles. The van der Waals surface area contributed by atoms with Crippen molar-refractivity contribution in [2.75, 3.05) is 0 Å². The molecule has 1 aromatic carbocycles. The number of nitrogens with zero attached hydrogens (tertiary/aromatic N) is 1. The Morgan fingerprint density at radius 2 is 2.31 bits per heavy atom. The summed E-state index contributed by atoms with van der Waals surface area (Å²) >= 11 is 1.26. The van der Waals surface area contributed by atoms with Crippen molar-refractivity contribution in [2.24, 2.45) is 0 Å². The molecular weight excluding hydrogens is 224 g/mol. The number of rotatable bonds is 4. The number of carboxylic acids is 1. The van der Waals surface area contributed by atoms with Gasteiger partial charge >= 0.3 is 5.97 Å². The number of H-pyrrole nitrogens is 1. The number of aromatic amines is 1. The van der Waals surface area contributed by atoms with E-state index in [1.807, 2.05) is 31.2 Å². The van der Waals surface area contributed by atoms with E-state index in [9.17, 15) is 4.79 Å². The van der Waals surface area contributed by atoms with Crippen LogP contribution in [0.2, 0.25) is 0 Å². The molecule has 2 rings (SSSR count). The van der Waals surface area contributed by atoms with E-state index in [0.717, 1.165) is 11.0 Å². The van der Waals surface area contributed by atoms with E-state index in [-0.39, 0.29) is 0 Å². The summed E-state index contributed by atoms with van der Waals surface area (Å²) in [6.07, 6.45) is 0.580. The van der Waals surface area contributed by atoms with Crippen molar-refractivity contribution in [3.8, 4) is 0 Å². The van der Waals surface area contributed by atoms with Crippen molar-refractivity contribution < 1.29 is 9.90 Å². The van der Waals surface area contributed by atoms with Crippen LogP contribution >= 0.6 is 11.8 Å². The molecule has 0 aliphatic rings. The Kier molecular flexibility index (Phi) is 3.14. The number of aliphatic carboxylic acids is 1. The van der Waals surface area contributed by atoms with Gasteiger partial charge in [-0.05, 0) is 18.6 Å². The van der Waals surface area contributed by atoms with Crippen molar-refractivity contribution in [1.29, 1.82) is 0 Å². The van der Waals surface area contributed by atoms with Crippen LogP contribution < -0.4 is 0 Å². The van der Waals surface area contributed by atoms with Crippen LogP contribution in [0.25, 0.3) is 11.0 Å². The lowest BCUT2D eigenvalue weighted by Gasteiger charge is -2.05. The number of carbonyl (C=O) groups is 1. The third-order valence-corrected chi connectivity index (χ3v) is 3.50. The summed E-state index contributed by atoms with van der Waals surface area (Å²) < 4.78 is 0. The van der Waals surface area contributed by atoms with Gasteiger partial charge in [0.2, 0.25) is 0 Å². The molecule has 84 valence electrons. The van der Waals surface area contributed by atoms with Gasteiger partial charge in [-0.25, -0.2) is 4.98 Å². The number of aromatic nitrogens is 2. The Morgan fingerprint density at radius 1 is 1.56 bits per heavy atom. The first-order valence-corrected chi connectivity index (χ1v) is 5.93. The van der Waals surface area contributed by atoms with Gasteiger partial charge in [-0.3, -0.25) is 4.79 Å². The van der Waals surface area contributed by atoms with E-state index in [1.54, 1.807) is 0 Å². The molecule has 0 aliphatic heterocycles. The molecule has 4 nitrogen and oxygen atoms in total. The van der Waals surface area contributed by atoms with Crippen molar-refractivity contribution in [3.63, 3.8) is 0 Å². The fourth-order valence-electron chi connectivity index (χ4n) is 1.43. The second-order valence-corrected chi connectivity index (χ2v) is 4.60. The van der Waals surface area contributed by atoms with Gasteiger partial charge in [-0.1, -0.05) is 30.8 Å². The lowest BCUT2D eigenvalue weighted by Crippen LogP contribution is -2.14. The molecule has 2 N–H and O–H groups in total. The monoisotopic (exact) mass is 236 g/mol. The normalized spacial score (nSPS) is 12.8. The second kappa shape index (κ2) is 4.57. The van der Waals surface area contributed by atoms with Gasteiger partial charge in [0.25, 0.3) is 0 Å². The Bertz CT molecular complexity index is 476. The van der Waals surface area contributed by atoms with Crippen LogP contribution in [0.3, 0.4) is 0 Å². The first-order chi connectivity index (χ1) is 7.70. The lowest BCUT2D eigenvalue weighted by atomic mass is 10.3. The molecule has 5 heteroatoms. The summed E-state index contributed by atoms with van der Waals surface area (Å²) in [7, 11) is 0. The third-order valence-electron chi connectivity index (χ3n) is 2.27. The minimum absolute atomic E-state index is 0.444. The van der Waals surface area contributed by atoms with E-state index in [4.69, 9.17) is 5.11 Å². The molecule has 0 radical (unpaired) electrons. The number of thioether (sulfide) groups is 1. The number of imidazole rings is 1. The summed E-state index contributed by atoms with van der Waals surface area (Å²) in [5.74, 6) is -0.798. The molecule has 0 aliphatic carbocycles. The van der Waals surface area contributed by atoms with E-state index in [2.05, 4.69) is 9.97 Å². The van der Waals surface area contributed by atoms with Crippen molar-refractivity contribution >= 4 is 28.8 Å². The van der Waals surface area contributed by atoms with Gasteiger partial charge in [0.1, 0.15) is 5.25 Å². The molecular formula is C11H12N2O2S. The van der Waals surface area contributed by atoms with Crippen LogP contribution in [-0.4, -0.2) is 26.3 Å². The minimum atomic E-state index is -0.798. The van der Waals surface area contributed by atoms with E-state index in [1.165, 1.54) is 11.8 Å². The Labute approximate surface area is 97.1 Å².